The van der Waals surface area contributed by atoms with E-state index in [1.165, 1.54) is 0 Å². The maximum atomic E-state index is 10.1. The van der Waals surface area contributed by atoms with Gasteiger partial charge in [0.25, 0.3) is 0 Å². The van der Waals surface area contributed by atoms with E-state index in [1.807, 2.05) is 0 Å². The van der Waals surface area contributed by atoms with Crippen LogP contribution in [0, 0.1) is 0 Å². The normalized spacial score (nSPS) is 13.0. The predicted molar refractivity (Wildman–Crippen MR) is 38.4 cm³/mol. The number of aliphatic carboxylic acids is 1. The number of ether oxygens (including phenoxy) is 1. The van der Waals surface area contributed by atoms with Crippen molar-refractivity contribution in [2.45, 2.75) is 19.4 Å². The fourth-order valence-corrected chi connectivity index (χ4v) is 0.640. The van der Waals surface area contributed by atoms with Crippen molar-refractivity contribution in [3.05, 3.63) is 0 Å². The highest BCUT2D eigenvalue weighted by molar-refractivity contribution is 6.17. The molecular weight excluding hydrogens is 156 g/mol. The number of hydrogen-bond donors (Lipinski definition) is 1. The number of rotatable bonds is 5. The summed E-state index contributed by atoms with van der Waals surface area (Å²) in [6.07, 6.45) is -0.201. The lowest BCUT2D eigenvalue weighted by Gasteiger charge is -2.07. The lowest BCUT2D eigenvalue weighted by molar-refractivity contribution is -0.139. The van der Waals surface area contributed by atoms with E-state index in [4.69, 9.17) is 21.4 Å². The molecule has 60 valence electrons. The smallest absolute Gasteiger partial charge is 0.305 e. The molecule has 0 aliphatic rings. The van der Waals surface area contributed by atoms with Crippen LogP contribution in [0.2, 0.25) is 0 Å². The summed E-state index contributed by atoms with van der Waals surface area (Å²) >= 11 is 5.31. The molecule has 0 saturated carbocycles. The minimum absolute atomic E-state index is 0.0386. The summed E-state index contributed by atoms with van der Waals surface area (Å²) in [6.45, 7) is 2.12. The monoisotopic (exact) mass is 166 g/mol. The average Bonchev–Trinajstić information content (AvgIpc) is 1.82. The van der Waals surface area contributed by atoms with Crippen LogP contribution >= 0.6 is 11.6 Å². The van der Waals surface area contributed by atoms with Crippen LogP contribution in [0.4, 0.5) is 0 Å². The van der Waals surface area contributed by atoms with Crippen molar-refractivity contribution in [1.82, 2.24) is 0 Å². The highest BCUT2D eigenvalue weighted by Crippen LogP contribution is 1.96. The zero-order chi connectivity index (χ0) is 7.98. The Kier molecular flexibility index (Phi) is 5.35. The molecule has 0 aliphatic heterocycles. The van der Waals surface area contributed by atoms with Crippen LogP contribution in [0.15, 0.2) is 0 Å². The number of halogens is 1. The topological polar surface area (TPSA) is 46.5 Å². The molecule has 0 amide bonds. The van der Waals surface area contributed by atoms with Crippen LogP contribution in [0.25, 0.3) is 0 Å². The third kappa shape index (κ3) is 5.85. The van der Waals surface area contributed by atoms with Crippen molar-refractivity contribution >= 4 is 17.6 Å². The number of alkyl halides is 1. The number of carboxylic acids is 1. The van der Waals surface area contributed by atoms with Crippen molar-refractivity contribution in [2.24, 2.45) is 0 Å². The summed E-state index contributed by atoms with van der Waals surface area (Å²) in [5, 5.41) is 8.27. The quantitative estimate of drug-likeness (QED) is 0.623. The average molecular weight is 167 g/mol. The Bertz CT molecular complexity index is 105. The number of carbonyl (C=O) groups is 1. The molecule has 1 atom stereocenters. The Morgan fingerprint density at radius 3 is 2.80 bits per heavy atom. The molecule has 0 radical (unpaired) electrons. The van der Waals surface area contributed by atoms with Gasteiger partial charge in [-0.05, 0) is 6.92 Å². The molecule has 0 rings (SSSR count). The van der Waals surface area contributed by atoms with Gasteiger partial charge in [0.2, 0.25) is 0 Å². The van der Waals surface area contributed by atoms with E-state index < -0.39 is 5.97 Å². The third-order valence-corrected chi connectivity index (χ3v) is 1.10. The Morgan fingerprint density at radius 2 is 2.40 bits per heavy atom. The molecule has 0 saturated heterocycles. The minimum Gasteiger partial charge on any atom is -0.481 e. The summed E-state index contributed by atoms with van der Waals surface area (Å²) in [4.78, 5) is 10.1. The summed E-state index contributed by atoms with van der Waals surface area (Å²) < 4.78 is 4.99. The SMILES string of the molecule is CC(CC(=O)O)OCCCl. The second-order valence-corrected chi connectivity index (χ2v) is 2.35. The first-order valence-electron chi connectivity index (χ1n) is 3.06. The summed E-state index contributed by atoms with van der Waals surface area (Å²) in [5.74, 6) is -0.439. The van der Waals surface area contributed by atoms with Crippen molar-refractivity contribution in [3.8, 4) is 0 Å². The van der Waals surface area contributed by atoms with Gasteiger partial charge in [-0.3, -0.25) is 4.79 Å². The lowest BCUT2D eigenvalue weighted by Crippen LogP contribution is -2.14. The molecule has 0 fully saturated rings. The van der Waals surface area contributed by atoms with Gasteiger partial charge in [0.15, 0.2) is 0 Å². The minimum atomic E-state index is -0.845. The maximum absolute atomic E-state index is 10.1. The van der Waals surface area contributed by atoms with Gasteiger partial charge in [0.1, 0.15) is 0 Å². The van der Waals surface area contributed by atoms with Gasteiger partial charge < -0.3 is 9.84 Å². The van der Waals surface area contributed by atoms with Crippen LogP contribution in [-0.2, 0) is 9.53 Å². The first-order valence-corrected chi connectivity index (χ1v) is 3.59. The Morgan fingerprint density at radius 1 is 1.80 bits per heavy atom. The standard InChI is InChI=1S/C6H11ClO3/c1-5(4-6(8)9)10-3-2-7/h5H,2-4H2,1H3,(H,8,9). The fourth-order valence-electron chi connectivity index (χ4n) is 0.551. The zero-order valence-electron chi connectivity index (χ0n) is 5.84. The zero-order valence-corrected chi connectivity index (χ0v) is 6.60. The predicted octanol–water partition coefficient (Wildman–Crippen LogP) is 1.10. The van der Waals surface area contributed by atoms with Gasteiger partial charge in [-0.1, -0.05) is 0 Å². The molecule has 0 aromatic carbocycles. The van der Waals surface area contributed by atoms with Crippen LogP contribution < -0.4 is 0 Å². The first kappa shape index (κ1) is 9.72. The molecule has 0 heterocycles. The molecule has 0 spiro atoms. The van der Waals surface area contributed by atoms with Crippen LogP contribution in [0.1, 0.15) is 13.3 Å². The van der Waals surface area contributed by atoms with E-state index in [2.05, 4.69) is 0 Å². The molecule has 3 nitrogen and oxygen atoms in total. The molecule has 0 aromatic rings. The second kappa shape index (κ2) is 5.50. The van der Waals surface area contributed by atoms with Gasteiger partial charge in [-0.15, -0.1) is 11.6 Å². The van der Waals surface area contributed by atoms with Crippen molar-refractivity contribution < 1.29 is 14.6 Å². The number of hydrogen-bond acceptors (Lipinski definition) is 2. The van der Waals surface area contributed by atoms with Gasteiger partial charge >= 0.3 is 5.97 Å². The van der Waals surface area contributed by atoms with E-state index >= 15 is 0 Å². The lowest BCUT2D eigenvalue weighted by atomic mass is 10.3. The Labute approximate surface area is 64.9 Å². The van der Waals surface area contributed by atoms with Gasteiger partial charge in [-0.25, -0.2) is 0 Å². The van der Waals surface area contributed by atoms with E-state index in [0.29, 0.717) is 12.5 Å². The molecule has 0 bridgehead atoms. The van der Waals surface area contributed by atoms with Crippen molar-refractivity contribution in [1.29, 1.82) is 0 Å². The molecule has 4 heteroatoms. The van der Waals surface area contributed by atoms with E-state index in [1.54, 1.807) is 6.92 Å². The summed E-state index contributed by atoms with van der Waals surface area (Å²) in [6, 6.07) is 0. The van der Waals surface area contributed by atoms with E-state index in [-0.39, 0.29) is 12.5 Å². The van der Waals surface area contributed by atoms with Crippen molar-refractivity contribution in [2.75, 3.05) is 12.5 Å². The molecule has 1 N–H and O–H groups in total. The molecule has 0 aliphatic carbocycles. The summed E-state index contributed by atoms with van der Waals surface area (Å²) in [5.41, 5.74) is 0. The largest absolute Gasteiger partial charge is 0.481 e. The molecule has 10 heavy (non-hydrogen) atoms. The van der Waals surface area contributed by atoms with Crippen LogP contribution in [0.3, 0.4) is 0 Å². The second-order valence-electron chi connectivity index (χ2n) is 1.97. The van der Waals surface area contributed by atoms with E-state index in [9.17, 15) is 4.79 Å². The fraction of sp³-hybridized carbons (Fsp3) is 0.833. The molecule has 1 unspecified atom stereocenters. The first-order chi connectivity index (χ1) is 4.66. The van der Waals surface area contributed by atoms with Gasteiger partial charge in [0.05, 0.1) is 19.1 Å². The highest BCUT2D eigenvalue weighted by atomic mass is 35.5. The van der Waals surface area contributed by atoms with E-state index in [0.717, 1.165) is 0 Å². The van der Waals surface area contributed by atoms with Crippen LogP contribution in [0.5, 0.6) is 0 Å². The third-order valence-electron chi connectivity index (χ3n) is 0.942. The van der Waals surface area contributed by atoms with Crippen molar-refractivity contribution in [3.63, 3.8) is 0 Å². The molecule has 0 aromatic heterocycles. The molecular formula is C6H11ClO3. The van der Waals surface area contributed by atoms with Gasteiger partial charge in [0, 0.05) is 5.88 Å². The maximum Gasteiger partial charge on any atom is 0.305 e. The summed E-state index contributed by atoms with van der Waals surface area (Å²) in [7, 11) is 0. The highest BCUT2D eigenvalue weighted by Gasteiger charge is 2.06. The Balaban J connectivity index is 3.25. The Hall–Kier alpha value is -0.280. The number of carboxylic acid groups (broad SMARTS) is 1. The van der Waals surface area contributed by atoms with Gasteiger partial charge in [-0.2, -0.15) is 0 Å². The van der Waals surface area contributed by atoms with Crippen LogP contribution in [-0.4, -0.2) is 29.7 Å².